The van der Waals surface area contributed by atoms with Crippen LogP contribution in [0.4, 0.5) is 0 Å². The first-order valence-corrected chi connectivity index (χ1v) is 4.25. The van der Waals surface area contributed by atoms with Crippen molar-refractivity contribution in [3.05, 3.63) is 0 Å². The summed E-state index contributed by atoms with van der Waals surface area (Å²) in [4.78, 5) is 0. The minimum atomic E-state index is -0.264. The molecule has 0 spiro atoms. The van der Waals surface area contributed by atoms with Crippen LogP contribution in [0.2, 0.25) is 0 Å². The van der Waals surface area contributed by atoms with E-state index < -0.39 is 0 Å². The highest BCUT2D eigenvalue weighted by Crippen LogP contribution is 2.20. The Kier molecular flexibility index (Phi) is 2.50. The van der Waals surface area contributed by atoms with E-state index in [0.29, 0.717) is 0 Å². The van der Waals surface area contributed by atoms with E-state index in [1.165, 1.54) is 0 Å². The Balaban J connectivity index is 2.38. The number of ether oxygens (including phenoxy) is 1. The lowest BCUT2D eigenvalue weighted by atomic mass is 10.2. The Morgan fingerprint density at radius 3 is 2.67 bits per heavy atom. The van der Waals surface area contributed by atoms with Crippen molar-refractivity contribution in [2.24, 2.45) is 0 Å². The van der Waals surface area contributed by atoms with Crippen molar-refractivity contribution in [3.63, 3.8) is 0 Å². The first-order valence-electron chi connectivity index (χ1n) is 3.13. The fourth-order valence-electron chi connectivity index (χ4n) is 1.08. The highest BCUT2D eigenvalue weighted by atomic mass is 79.9. The Hall–Kier alpha value is 0.400. The minimum Gasteiger partial charge on any atom is -0.390 e. The second-order valence-electron chi connectivity index (χ2n) is 2.44. The molecular weight excluding hydrogens is 184 g/mol. The van der Waals surface area contributed by atoms with Gasteiger partial charge < -0.3 is 9.84 Å². The molecule has 0 bridgehead atoms. The highest BCUT2D eigenvalue weighted by Gasteiger charge is 2.29. The smallest absolute Gasteiger partial charge is 0.0934 e. The van der Waals surface area contributed by atoms with Gasteiger partial charge in [-0.25, -0.2) is 0 Å². The van der Waals surface area contributed by atoms with Crippen LogP contribution in [0.25, 0.3) is 0 Å². The van der Waals surface area contributed by atoms with Crippen molar-refractivity contribution in [1.82, 2.24) is 0 Å². The molecule has 1 saturated heterocycles. The maximum absolute atomic E-state index is 9.20. The Morgan fingerprint density at radius 1 is 1.78 bits per heavy atom. The number of hydrogen-bond donors (Lipinski definition) is 1. The molecule has 1 heterocycles. The van der Waals surface area contributed by atoms with Crippen molar-refractivity contribution in [3.8, 4) is 0 Å². The minimum absolute atomic E-state index is 0.0139. The third kappa shape index (κ3) is 1.66. The third-order valence-electron chi connectivity index (χ3n) is 1.56. The molecule has 2 nitrogen and oxygen atoms in total. The van der Waals surface area contributed by atoms with Crippen LogP contribution in [0.1, 0.15) is 13.3 Å². The molecule has 0 amide bonds. The fraction of sp³-hybridized carbons (Fsp3) is 1.00. The van der Waals surface area contributed by atoms with E-state index in [9.17, 15) is 5.11 Å². The number of aliphatic hydroxyl groups is 1. The zero-order valence-corrected chi connectivity index (χ0v) is 6.97. The van der Waals surface area contributed by atoms with Gasteiger partial charge in [0.25, 0.3) is 0 Å². The first kappa shape index (κ1) is 7.51. The van der Waals surface area contributed by atoms with Gasteiger partial charge in [-0.1, -0.05) is 15.9 Å². The molecule has 1 N–H and O–H groups in total. The number of alkyl halides is 1. The lowest BCUT2D eigenvalue weighted by Crippen LogP contribution is -2.21. The van der Waals surface area contributed by atoms with Crippen LogP contribution in [-0.4, -0.2) is 28.7 Å². The van der Waals surface area contributed by atoms with E-state index in [1.54, 1.807) is 0 Å². The van der Waals surface area contributed by atoms with Gasteiger partial charge in [0, 0.05) is 11.8 Å². The van der Waals surface area contributed by atoms with Crippen LogP contribution in [0.3, 0.4) is 0 Å². The molecule has 0 aromatic rings. The average Bonchev–Trinajstić information content (AvgIpc) is 2.10. The van der Waals surface area contributed by atoms with E-state index in [-0.39, 0.29) is 18.3 Å². The SMILES string of the molecule is C[C@H]1C[C@@H](O)C(CBr)O1. The molecule has 1 aliphatic rings. The monoisotopic (exact) mass is 194 g/mol. The molecule has 0 aromatic carbocycles. The quantitative estimate of drug-likeness (QED) is 0.630. The van der Waals surface area contributed by atoms with Crippen LogP contribution in [0.15, 0.2) is 0 Å². The van der Waals surface area contributed by atoms with Crippen molar-refractivity contribution in [2.45, 2.75) is 31.7 Å². The van der Waals surface area contributed by atoms with Crippen LogP contribution in [0.5, 0.6) is 0 Å². The molecule has 1 rings (SSSR count). The maximum atomic E-state index is 9.20. The standard InChI is InChI=1S/C6H11BrO2/c1-4-2-5(8)6(3-7)9-4/h4-6,8H,2-3H2,1H3/t4-,5+,6?/m0/s1. The van der Waals surface area contributed by atoms with Crippen molar-refractivity contribution >= 4 is 15.9 Å². The van der Waals surface area contributed by atoms with Crippen LogP contribution >= 0.6 is 15.9 Å². The van der Waals surface area contributed by atoms with Crippen molar-refractivity contribution < 1.29 is 9.84 Å². The Bertz CT molecular complexity index is 97.1. The second-order valence-corrected chi connectivity index (χ2v) is 3.09. The summed E-state index contributed by atoms with van der Waals surface area (Å²) in [6.45, 7) is 1.98. The predicted octanol–water partition coefficient (Wildman–Crippen LogP) is 0.920. The highest BCUT2D eigenvalue weighted by molar-refractivity contribution is 9.09. The van der Waals surface area contributed by atoms with Crippen LogP contribution < -0.4 is 0 Å². The zero-order chi connectivity index (χ0) is 6.85. The molecule has 3 atom stereocenters. The lowest BCUT2D eigenvalue weighted by Gasteiger charge is -2.08. The van der Waals surface area contributed by atoms with Gasteiger partial charge in [-0.05, 0) is 6.92 Å². The topological polar surface area (TPSA) is 29.5 Å². The number of rotatable bonds is 1. The van der Waals surface area contributed by atoms with Crippen LogP contribution in [0, 0.1) is 0 Å². The Morgan fingerprint density at radius 2 is 2.44 bits per heavy atom. The molecule has 0 radical (unpaired) electrons. The number of aliphatic hydroxyl groups excluding tert-OH is 1. The van der Waals surface area contributed by atoms with Crippen molar-refractivity contribution in [2.75, 3.05) is 5.33 Å². The molecule has 0 aromatic heterocycles. The molecule has 54 valence electrons. The summed E-state index contributed by atoms with van der Waals surface area (Å²) in [6, 6.07) is 0. The average molecular weight is 195 g/mol. The predicted molar refractivity (Wildman–Crippen MR) is 38.8 cm³/mol. The van der Waals surface area contributed by atoms with Gasteiger partial charge >= 0.3 is 0 Å². The second kappa shape index (κ2) is 2.99. The molecular formula is C6H11BrO2. The number of halogens is 1. The van der Waals surface area contributed by atoms with E-state index in [1.807, 2.05) is 6.92 Å². The molecule has 1 fully saturated rings. The molecule has 0 saturated carbocycles. The first-order chi connectivity index (χ1) is 4.24. The van der Waals surface area contributed by atoms with E-state index in [4.69, 9.17) is 4.74 Å². The van der Waals surface area contributed by atoms with Gasteiger partial charge in [0.05, 0.1) is 18.3 Å². The van der Waals surface area contributed by atoms with E-state index in [0.717, 1.165) is 11.8 Å². The molecule has 1 unspecified atom stereocenters. The van der Waals surface area contributed by atoms with Crippen LogP contribution in [-0.2, 0) is 4.74 Å². The van der Waals surface area contributed by atoms with Gasteiger partial charge in [-0.15, -0.1) is 0 Å². The lowest BCUT2D eigenvalue weighted by molar-refractivity contribution is 0.0325. The molecule has 1 aliphatic heterocycles. The summed E-state index contributed by atoms with van der Waals surface area (Å²) in [5, 5.41) is 9.94. The van der Waals surface area contributed by atoms with E-state index >= 15 is 0 Å². The summed E-state index contributed by atoms with van der Waals surface area (Å²) in [7, 11) is 0. The molecule has 9 heavy (non-hydrogen) atoms. The molecule has 0 aliphatic carbocycles. The number of hydrogen-bond acceptors (Lipinski definition) is 2. The fourth-order valence-corrected chi connectivity index (χ4v) is 1.66. The largest absolute Gasteiger partial charge is 0.390 e. The van der Waals surface area contributed by atoms with Gasteiger partial charge in [-0.2, -0.15) is 0 Å². The normalized spacial score (nSPS) is 43.7. The van der Waals surface area contributed by atoms with Gasteiger partial charge in [0.2, 0.25) is 0 Å². The Labute approximate surface area is 63.3 Å². The molecule has 3 heteroatoms. The van der Waals surface area contributed by atoms with E-state index in [2.05, 4.69) is 15.9 Å². The third-order valence-corrected chi connectivity index (χ3v) is 2.20. The summed E-state index contributed by atoms with van der Waals surface area (Å²) >= 11 is 3.26. The summed E-state index contributed by atoms with van der Waals surface area (Å²) in [6.07, 6.45) is 0.748. The van der Waals surface area contributed by atoms with Gasteiger partial charge in [-0.3, -0.25) is 0 Å². The van der Waals surface area contributed by atoms with Crippen molar-refractivity contribution in [1.29, 1.82) is 0 Å². The summed E-state index contributed by atoms with van der Waals surface area (Å²) in [5.74, 6) is 0. The summed E-state index contributed by atoms with van der Waals surface area (Å²) in [5.41, 5.74) is 0. The summed E-state index contributed by atoms with van der Waals surface area (Å²) < 4.78 is 5.33. The van der Waals surface area contributed by atoms with Gasteiger partial charge in [0.15, 0.2) is 0 Å². The zero-order valence-electron chi connectivity index (χ0n) is 5.38. The maximum Gasteiger partial charge on any atom is 0.0934 e. The van der Waals surface area contributed by atoms with Gasteiger partial charge in [0.1, 0.15) is 0 Å².